The third-order valence-electron chi connectivity index (χ3n) is 0.602. The minimum absolute atomic E-state index is 0. The number of nitrogens with one attached hydrogen (secondary N) is 1. The minimum Gasteiger partial charge on any atom is -0.386 e. The van der Waals surface area contributed by atoms with E-state index in [0.29, 0.717) is 5.82 Å². The number of hydrogen-bond acceptors (Lipinski definition) is 2. The first-order chi connectivity index (χ1) is 3.27. The molecule has 0 aliphatic heterocycles. The van der Waals surface area contributed by atoms with Gasteiger partial charge in [0.1, 0.15) is 0 Å². The standard InChI is InChI=1S/C5H12N2.H2/c1-3-4-7-5(2)6;/h7H,2-4,6H2,1H3;1H. The van der Waals surface area contributed by atoms with Gasteiger partial charge in [-0.2, -0.15) is 0 Å². The SMILES string of the molecule is C=C(N)NCCC.[HH]. The Labute approximate surface area is 45.9 Å². The Morgan fingerprint density at radius 3 is 2.71 bits per heavy atom. The Balaban J connectivity index is 0. The van der Waals surface area contributed by atoms with Gasteiger partial charge in [-0.25, -0.2) is 0 Å². The van der Waals surface area contributed by atoms with Gasteiger partial charge in [-0.3, -0.25) is 0 Å². The van der Waals surface area contributed by atoms with Crippen LogP contribution in [0.5, 0.6) is 0 Å². The van der Waals surface area contributed by atoms with Gasteiger partial charge in [0.25, 0.3) is 0 Å². The molecule has 0 aromatic heterocycles. The third kappa shape index (κ3) is 5.34. The smallest absolute Gasteiger partial charge is 0.0885 e. The fourth-order valence-electron chi connectivity index (χ4n) is 0.286. The average Bonchev–Trinajstić information content (AvgIpc) is 1.61. The maximum atomic E-state index is 5.17. The maximum absolute atomic E-state index is 5.17. The predicted molar refractivity (Wildman–Crippen MR) is 33.7 cm³/mol. The first-order valence-electron chi connectivity index (χ1n) is 2.45. The van der Waals surface area contributed by atoms with Crippen LogP contribution in [0, 0.1) is 0 Å². The molecular weight excluding hydrogens is 88.1 g/mol. The Kier molecular flexibility index (Phi) is 3.19. The normalized spacial score (nSPS) is 8.14. The summed E-state index contributed by atoms with van der Waals surface area (Å²) in [5.41, 5.74) is 5.17. The van der Waals surface area contributed by atoms with Crippen LogP contribution in [0.3, 0.4) is 0 Å². The van der Waals surface area contributed by atoms with Crippen LogP contribution in [0.2, 0.25) is 0 Å². The molecule has 0 atom stereocenters. The second kappa shape index (κ2) is 3.53. The molecule has 0 amide bonds. The van der Waals surface area contributed by atoms with E-state index in [2.05, 4.69) is 18.8 Å². The van der Waals surface area contributed by atoms with Crippen LogP contribution in [0.25, 0.3) is 0 Å². The number of rotatable bonds is 3. The Bertz CT molecular complexity index is 63.4. The highest BCUT2D eigenvalue weighted by molar-refractivity contribution is 4.80. The van der Waals surface area contributed by atoms with Crippen molar-refractivity contribution in [2.45, 2.75) is 13.3 Å². The monoisotopic (exact) mass is 102 g/mol. The van der Waals surface area contributed by atoms with Crippen molar-refractivity contribution in [1.29, 1.82) is 0 Å². The van der Waals surface area contributed by atoms with Crippen LogP contribution in [-0.2, 0) is 0 Å². The Hall–Kier alpha value is -0.660. The maximum Gasteiger partial charge on any atom is 0.0885 e. The van der Waals surface area contributed by atoms with Gasteiger partial charge in [-0.15, -0.1) is 0 Å². The first-order valence-corrected chi connectivity index (χ1v) is 2.45. The average molecular weight is 102 g/mol. The number of hydrogen-bond donors (Lipinski definition) is 2. The highest BCUT2D eigenvalue weighted by Gasteiger charge is 1.76. The fraction of sp³-hybridized carbons (Fsp3) is 0.600. The quantitative estimate of drug-likeness (QED) is 0.549. The van der Waals surface area contributed by atoms with E-state index in [0.717, 1.165) is 13.0 Å². The molecule has 0 fully saturated rings. The van der Waals surface area contributed by atoms with Gasteiger partial charge < -0.3 is 11.1 Å². The summed E-state index contributed by atoms with van der Waals surface area (Å²) in [7, 11) is 0. The summed E-state index contributed by atoms with van der Waals surface area (Å²) >= 11 is 0. The lowest BCUT2D eigenvalue weighted by Crippen LogP contribution is -2.18. The van der Waals surface area contributed by atoms with Crippen molar-refractivity contribution in [2.24, 2.45) is 5.73 Å². The van der Waals surface area contributed by atoms with Crippen molar-refractivity contribution in [1.82, 2.24) is 5.32 Å². The van der Waals surface area contributed by atoms with Crippen molar-refractivity contribution in [3.05, 3.63) is 12.4 Å². The zero-order valence-corrected chi connectivity index (χ0v) is 4.70. The van der Waals surface area contributed by atoms with Crippen LogP contribution in [0.15, 0.2) is 12.4 Å². The molecule has 0 bridgehead atoms. The lowest BCUT2D eigenvalue weighted by Gasteiger charge is -1.98. The van der Waals surface area contributed by atoms with E-state index in [4.69, 9.17) is 5.73 Å². The Morgan fingerprint density at radius 1 is 2.00 bits per heavy atom. The topological polar surface area (TPSA) is 38.0 Å². The van der Waals surface area contributed by atoms with Crippen molar-refractivity contribution in [2.75, 3.05) is 6.54 Å². The summed E-state index contributed by atoms with van der Waals surface area (Å²) in [4.78, 5) is 0. The van der Waals surface area contributed by atoms with E-state index in [9.17, 15) is 0 Å². The van der Waals surface area contributed by atoms with Gasteiger partial charge in [0.15, 0.2) is 0 Å². The fourth-order valence-corrected chi connectivity index (χ4v) is 0.286. The molecule has 0 unspecified atom stereocenters. The molecule has 7 heavy (non-hydrogen) atoms. The van der Waals surface area contributed by atoms with Gasteiger partial charge in [0.05, 0.1) is 5.82 Å². The van der Waals surface area contributed by atoms with Crippen molar-refractivity contribution in [3.63, 3.8) is 0 Å². The van der Waals surface area contributed by atoms with Gasteiger partial charge in [0, 0.05) is 7.97 Å². The van der Waals surface area contributed by atoms with Crippen LogP contribution < -0.4 is 11.1 Å². The van der Waals surface area contributed by atoms with E-state index in [1.165, 1.54) is 0 Å². The zero-order chi connectivity index (χ0) is 5.70. The highest BCUT2D eigenvalue weighted by atomic mass is 15.0. The molecule has 0 aliphatic rings. The minimum atomic E-state index is 0. The zero-order valence-electron chi connectivity index (χ0n) is 4.70. The predicted octanol–water partition coefficient (Wildman–Crippen LogP) is 0.662. The second-order valence-electron chi connectivity index (χ2n) is 1.45. The summed E-state index contributed by atoms with van der Waals surface area (Å²) < 4.78 is 0. The van der Waals surface area contributed by atoms with E-state index in [1.807, 2.05) is 0 Å². The van der Waals surface area contributed by atoms with Crippen molar-refractivity contribution < 1.29 is 1.43 Å². The molecule has 2 nitrogen and oxygen atoms in total. The van der Waals surface area contributed by atoms with E-state index in [1.54, 1.807) is 0 Å². The van der Waals surface area contributed by atoms with E-state index >= 15 is 0 Å². The Morgan fingerprint density at radius 2 is 2.57 bits per heavy atom. The second-order valence-corrected chi connectivity index (χ2v) is 1.45. The van der Waals surface area contributed by atoms with Crippen molar-refractivity contribution in [3.8, 4) is 0 Å². The van der Waals surface area contributed by atoms with Crippen LogP contribution in [0.4, 0.5) is 0 Å². The third-order valence-corrected chi connectivity index (χ3v) is 0.602. The first kappa shape index (κ1) is 6.34. The molecule has 0 heterocycles. The summed E-state index contributed by atoms with van der Waals surface area (Å²) in [6, 6.07) is 0. The molecule has 0 saturated heterocycles. The molecule has 0 radical (unpaired) electrons. The molecule has 0 aromatic rings. The molecule has 3 N–H and O–H groups in total. The molecule has 0 spiro atoms. The molecule has 44 valence electrons. The summed E-state index contributed by atoms with van der Waals surface area (Å²) in [6.07, 6.45) is 1.09. The molecule has 0 aromatic carbocycles. The lowest BCUT2D eigenvalue weighted by atomic mass is 10.5. The largest absolute Gasteiger partial charge is 0.386 e. The lowest BCUT2D eigenvalue weighted by molar-refractivity contribution is 0.764. The van der Waals surface area contributed by atoms with E-state index in [-0.39, 0.29) is 1.43 Å². The summed E-state index contributed by atoms with van der Waals surface area (Å²) in [6.45, 7) is 6.46. The summed E-state index contributed by atoms with van der Waals surface area (Å²) in [5, 5.41) is 2.88. The van der Waals surface area contributed by atoms with Crippen molar-refractivity contribution >= 4 is 0 Å². The van der Waals surface area contributed by atoms with E-state index < -0.39 is 0 Å². The highest BCUT2D eigenvalue weighted by Crippen LogP contribution is 1.70. The molecular formula is C5H14N2. The molecule has 0 rings (SSSR count). The summed E-state index contributed by atoms with van der Waals surface area (Å²) in [5.74, 6) is 0.557. The molecule has 0 aliphatic carbocycles. The van der Waals surface area contributed by atoms with Crippen LogP contribution in [0.1, 0.15) is 14.8 Å². The van der Waals surface area contributed by atoms with Gasteiger partial charge in [-0.05, 0) is 6.42 Å². The molecule has 0 saturated carbocycles. The van der Waals surface area contributed by atoms with Crippen LogP contribution in [-0.4, -0.2) is 6.54 Å². The molecule has 2 heteroatoms. The van der Waals surface area contributed by atoms with Gasteiger partial charge in [0.2, 0.25) is 0 Å². The van der Waals surface area contributed by atoms with Gasteiger partial charge >= 0.3 is 0 Å². The number of nitrogens with two attached hydrogens (primary N) is 1. The van der Waals surface area contributed by atoms with Gasteiger partial charge in [-0.1, -0.05) is 13.5 Å². The van der Waals surface area contributed by atoms with Crippen LogP contribution >= 0.6 is 0 Å².